The highest BCUT2D eigenvalue weighted by Crippen LogP contribution is 2.33. The number of aromatic nitrogens is 2. The molecular formula is C44H43F3N8O7S. The summed E-state index contributed by atoms with van der Waals surface area (Å²) in [6, 6.07) is 15.7. The highest BCUT2D eigenvalue weighted by Gasteiger charge is 2.39. The fraction of sp³-hybridized carbons (Fsp3) is 0.341. The predicted octanol–water partition coefficient (Wildman–Crippen LogP) is 4.45. The maximum absolute atomic E-state index is 15.7. The number of ketones is 1. The van der Waals surface area contributed by atoms with Crippen LogP contribution in [0.1, 0.15) is 69.2 Å². The van der Waals surface area contributed by atoms with Crippen molar-refractivity contribution < 1.29 is 45.9 Å². The smallest absolute Gasteiger partial charge is 0.301 e. The van der Waals surface area contributed by atoms with E-state index in [1.54, 1.807) is 24.4 Å². The molecule has 15 nitrogen and oxygen atoms in total. The van der Waals surface area contributed by atoms with Crippen molar-refractivity contribution in [2.75, 3.05) is 55.4 Å². The monoisotopic (exact) mass is 884 g/mol. The first-order valence-electron chi connectivity index (χ1n) is 20.7. The zero-order valence-corrected chi connectivity index (χ0v) is 34.6. The molecule has 3 fully saturated rings. The molecule has 0 spiro atoms. The van der Waals surface area contributed by atoms with E-state index in [4.69, 9.17) is 0 Å². The van der Waals surface area contributed by atoms with Gasteiger partial charge in [0.2, 0.25) is 17.6 Å². The summed E-state index contributed by atoms with van der Waals surface area (Å²) in [7, 11) is -4.37. The lowest BCUT2D eigenvalue weighted by molar-refractivity contribution is -0.136. The van der Waals surface area contributed by atoms with Crippen LogP contribution in [-0.2, 0) is 26.3 Å². The summed E-state index contributed by atoms with van der Waals surface area (Å²) in [5, 5.41) is 13.7. The number of pyridine rings is 1. The molecule has 328 valence electrons. The van der Waals surface area contributed by atoms with Crippen LogP contribution >= 0.6 is 0 Å². The summed E-state index contributed by atoms with van der Waals surface area (Å²) in [5.74, 6) is -4.67. The number of carbonyl (C=O) groups is 4. The maximum Gasteiger partial charge on any atom is 0.301 e. The van der Waals surface area contributed by atoms with Crippen molar-refractivity contribution in [3.05, 3.63) is 113 Å². The second kappa shape index (κ2) is 16.9. The second-order valence-corrected chi connectivity index (χ2v) is 18.0. The minimum absolute atomic E-state index is 0.00553. The van der Waals surface area contributed by atoms with Crippen LogP contribution in [0, 0.1) is 11.6 Å². The molecule has 0 aliphatic carbocycles. The number of nitrogens with one attached hydrogen (secondary N) is 3. The Morgan fingerprint density at radius 1 is 0.952 bits per heavy atom. The Bertz CT molecular complexity index is 2760. The largest absolute Gasteiger partial charge is 0.388 e. The van der Waals surface area contributed by atoms with E-state index in [1.807, 2.05) is 35.1 Å². The van der Waals surface area contributed by atoms with E-state index in [0.717, 1.165) is 59.4 Å². The summed E-state index contributed by atoms with van der Waals surface area (Å²) in [5.41, 5.74) is 3.02. The fourth-order valence-electron chi connectivity index (χ4n) is 8.80. The van der Waals surface area contributed by atoms with Crippen molar-refractivity contribution in [3.63, 3.8) is 0 Å². The zero-order chi connectivity index (χ0) is 44.2. The number of amides is 3. The molecule has 6 heterocycles. The van der Waals surface area contributed by atoms with E-state index >= 15 is 8.78 Å². The SMILES string of the molecule is O=C1CCC(N2Cc3cc(C(O)CCN4CCN(c5ccc(-c6cnc7[nH]cc(C(=O)c8c(F)ccc(NS(=O)(=O)N9CC[C@@H](F)C9)c8F)c7c6)cc5)CC4)ccc3C2=O)C(=O)N1. The first-order valence-corrected chi connectivity index (χ1v) is 22.1. The average Bonchev–Trinajstić information content (AvgIpc) is 4.00. The summed E-state index contributed by atoms with van der Waals surface area (Å²) < 4.78 is 73.0. The van der Waals surface area contributed by atoms with Crippen molar-refractivity contribution in [3.8, 4) is 11.1 Å². The van der Waals surface area contributed by atoms with Crippen LogP contribution in [0.25, 0.3) is 22.2 Å². The number of hydrogen-bond acceptors (Lipinski definition) is 10. The first kappa shape index (κ1) is 42.2. The number of nitrogens with zero attached hydrogens (tertiary/aromatic N) is 5. The van der Waals surface area contributed by atoms with E-state index in [2.05, 4.69) is 25.1 Å². The van der Waals surface area contributed by atoms with Gasteiger partial charge in [-0.05, 0) is 72.4 Å². The number of carbonyl (C=O) groups excluding carboxylic acids is 4. The molecule has 2 unspecified atom stereocenters. The Kier molecular flexibility index (Phi) is 11.3. The Morgan fingerprint density at radius 2 is 1.73 bits per heavy atom. The molecule has 3 saturated heterocycles. The molecule has 19 heteroatoms. The average molecular weight is 885 g/mol. The third kappa shape index (κ3) is 8.28. The number of piperazine rings is 1. The number of H-pyrrole nitrogens is 1. The lowest BCUT2D eigenvalue weighted by atomic mass is 9.99. The van der Waals surface area contributed by atoms with Crippen molar-refractivity contribution in [2.24, 2.45) is 0 Å². The number of piperidine rings is 1. The summed E-state index contributed by atoms with van der Waals surface area (Å²) in [6.45, 7) is 3.45. The number of benzene rings is 3. The maximum atomic E-state index is 15.7. The van der Waals surface area contributed by atoms with E-state index in [0.29, 0.717) is 40.7 Å². The van der Waals surface area contributed by atoms with E-state index < -0.39 is 69.6 Å². The van der Waals surface area contributed by atoms with Gasteiger partial charge in [0, 0.05) is 98.9 Å². The molecule has 2 aromatic heterocycles. The summed E-state index contributed by atoms with van der Waals surface area (Å²) in [4.78, 5) is 64.1. The molecule has 4 aliphatic heterocycles. The van der Waals surface area contributed by atoms with Crippen LogP contribution in [0.2, 0.25) is 0 Å². The molecule has 0 saturated carbocycles. The number of imide groups is 1. The highest BCUT2D eigenvalue weighted by molar-refractivity contribution is 7.90. The number of alkyl halides is 1. The van der Waals surface area contributed by atoms with Gasteiger partial charge >= 0.3 is 10.2 Å². The first-order chi connectivity index (χ1) is 30.2. The third-order valence-corrected chi connectivity index (χ3v) is 13.8. The van der Waals surface area contributed by atoms with Crippen LogP contribution in [0.15, 0.2) is 73.1 Å². The van der Waals surface area contributed by atoms with E-state index in [9.17, 15) is 37.1 Å². The molecule has 3 aromatic carbocycles. The van der Waals surface area contributed by atoms with Gasteiger partial charge in [0.25, 0.3) is 5.91 Å². The topological polar surface area (TPSA) is 188 Å². The van der Waals surface area contributed by atoms with Crippen molar-refractivity contribution in [1.29, 1.82) is 0 Å². The van der Waals surface area contributed by atoms with Crippen molar-refractivity contribution in [2.45, 2.75) is 50.5 Å². The van der Waals surface area contributed by atoms with Crippen LogP contribution in [-0.4, -0.2) is 119 Å². The summed E-state index contributed by atoms with van der Waals surface area (Å²) >= 11 is 0. The third-order valence-electron chi connectivity index (χ3n) is 12.4. The molecule has 5 aromatic rings. The molecule has 9 rings (SSSR count). The van der Waals surface area contributed by atoms with Gasteiger partial charge in [-0.15, -0.1) is 0 Å². The minimum Gasteiger partial charge on any atom is -0.388 e. The van der Waals surface area contributed by atoms with Crippen LogP contribution in [0.4, 0.5) is 24.5 Å². The van der Waals surface area contributed by atoms with Crippen LogP contribution < -0.4 is 14.9 Å². The highest BCUT2D eigenvalue weighted by atomic mass is 32.2. The number of aliphatic hydroxyl groups excluding tert-OH is 1. The second-order valence-electron chi connectivity index (χ2n) is 16.3. The molecule has 0 bridgehead atoms. The van der Waals surface area contributed by atoms with Crippen LogP contribution in [0.5, 0.6) is 0 Å². The standard InChI is InChI=1S/C44H43F3N8O7S/c45-29-11-14-54(24-29)63(61,62)51-35-8-7-34(46)39(40(35)47)41(58)33-22-49-42-32(33)20-27(21-48-42)25-1-4-30(5-2-25)53-17-15-52(16-18-53)13-12-37(56)26-3-6-31-28(19-26)23-55(44(31)60)36-9-10-38(57)50-43(36)59/h1-8,19-22,29,36-37,51,56H,9-18,23-24H2,(H,48,49)(H,50,57,59)/t29-,36?,37?/m1/s1. The van der Waals surface area contributed by atoms with Gasteiger partial charge in [-0.2, -0.15) is 12.7 Å². The molecule has 63 heavy (non-hydrogen) atoms. The van der Waals surface area contributed by atoms with Gasteiger partial charge in [0.05, 0.1) is 17.4 Å². The lowest BCUT2D eigenvalue weighted by Crippen LogP contribution is -2.52. The van der Waals surface area contributed by atoms with Crippen molar-refractivity contribution in [1.82, 2.24) is 29.4 Å². The quantitative estimate of drug-likeness (QED) is 0.103. The Morgan fingerprint density at radius 3 is 2.46 bits per heavy atom. The number of aromatic amines is 1. The van der Waals surface area contributed by atoms with Gasteiger partial charge in [-0.3, -0.25) is 34.1 Å². The Hall–Kier alpha value is -6.15. The number of rotatable bonds is 12. The normalized spacial score (nSPS) is 20.3. The zero-order valence-electron chi connectivity index (χ0n) is 33.8. The Balaban J connectivity index is 0.807. The van der Waals surface area contributed by atoms with E-state index in [-0.39, 0.29) is 49.7 Å². The van der Waals surface area contributed by atoms with Gasteiger partial charge in [0.1, 0.15) is 23.7 Å². The fourth-order valence-corrected chi connectivity index (χ4v) is 10.1. The number of fused-ring (bicyclic) bond motifs is 2. The van der Waals surface area contributed by atoms with Crippen LogP contribution in [0.3, 0.4) is 0 Å². The molecule has 0 radical (unpaired) electrons. The van der Waals surface area contributed by atoms with Gasteiger partial charge in [0.15, 0.2) is 5.82 Å². The van der Waals surface area contributed by atoms with Gasteiger partial charge in [-0.1, -0.05) is 24.3 Å². The minimum atomic E-state index is -4.37. The Labute approximate surface area is 360 Å². The molecular weight excluding hydrogens is 842 g/mol. The lowest BCUT2D eigenvalue weighted by Gasteiger charge is -2.36. The number of hydrogen-bond donors (Lipinski definition) is 4. The molecule has 4 N–H and O–H groups in total. The van der Waals surface area contributed by atoms with Crippen molar-refractivity contribution >= 4 is 56.1 Å². The summed E-state index contributed by atoms with van der Waals surface area (Å²) in [6.07, 6.45) is 1.76. The van der Waals surface area contributed by atoms with Gasteiger partial charge < -0.3 is 19.9 Å². The number of halogens is 3. The number of anilines is 2. The van der Waals surface area contributed by atoms with Gasteiger partial charge in [-0.25, -0.2) is 18.2 Å². The molecule has 4 aliphatic rings. The number of aliphatic hydroxyl groups is 1. The van der Waals surface area contributed by atoms with E-state index in [1.165, 1.54) is 11.1 Å². The predicted molar refractivity (Wildman–Crippen MR) is 226 cm³/mol. The molecule has 3 atom stereocenters. The molecule has 3 amide bonds.